The first-order valence-electron chi connectivity index (χ1n) is 8.30. The van der Waals surface area contributed by atoms with Crippen molar-refractivity contribution in [2.75, 3.05) is 10.6 Å². The molecule has 0 radical (unpaired) electrons. The fourth-order valence-corrected chi connectivity index (χ4v) is 2.66. The highest BCUT2D eigenvalue weighted by molar-refractivity contribution is 6.06. The molecule has 4 aromatic rings. The summed E-state index contributed by atoms with van der Waals surface area (Å²) in [4.78, 5) is 28.6. The predicted molar refractivity (Wildman–Crippen MR) is 103 cm³/mol. The lowest BCUT2D eigenvalue weighted by Crippen LogP contribution is -2.13. The second-order valence-corrected chi connectivity index (χ2v) is 5.88. The van der Waals surface area contributed by atoms with Crippen molar-refractivity contribution < 1.29 is 14.0 Å². The normalized spacial score (nSPS) is 10.5. The van der Waals surface area contributed by atoms with Crippen molar-refractivity contribution in [1.82, 2.24) is 4.98 Å². The van der Waals surface area contributed by atoms with Crippen LogP contribution in [0.4, 0.5) is 11.4 Å². The van der Waals surface area contributed by atoms with E-state index in [1.165, 1.54) is 6.20 Å². The Bertz CT molecular complexity index is 1090. The number of hydrogen-bond donors (Lipinski definition) is 2. The number of pyridine rings is 1. The number of hydrogen-bond acceptors (Lipinski definition) is 4. The number of aromatic nitrogens is 1. The van der Waals surface area contributed by atoms with Gasteiger partial charge in [-0.3, -0.25) is 14.6 Å². The molecule has 0 saturated heterocycles. The Morgan fingerprint density at radius 3 is 2.33 bits per heavy atom. The second-order valence-electron chi connectivity index (χ2n) is 5.88. The minimum atomic E-state index is -0.359. The molecule has 6 nitrogen and oxygen atoms in total. The summed E-state index contributed by atoms with van der Waals surface area (Å²) in [5, 5.41) is 6.42. The van der Waals surface area contributed by atoms with Crippen LogP contribution in [0.1, 0.15) is 20.9 Å². The smallest absolute Gasteiger partial charge is 0.291 e. The number of amides is 2. The molecular weight excluding hydrogens is 342 g/mol. The Morgan fingerprint density at radius 2 is 1.59 bits per heavy atom. The van der Waals surface area contributed by atoms with Gasteiger partial charge < -0.3 is 15.1 Å². The van der Waals surface area contributed by atoms with Crippen LogP contribution >= 0.6 is 0 Å². The zero-order valence-corrected chi connectivity index (χ0v) is 14.2. The van der Waals surface area contributed by atoms with Gasteiger partial charge in [-0.2, -0.15) is 0 Å². The maximum absolute atomic E-state index is 12.4. The average Bonchev–Trinajstić information content (AvgIpc) is 3.13. The fourth-order valence-electron chi connectivity index (χ4n) is 2.66. The molecule has 6 heteroatoms. The SMILES string of the molecule is O=C(Nc1cccc(NC(=O)c2cc3ccccc3o2)c1)c1cccnc1. The predicted octanol–water partition coefficient (Wildman–Crippen LogP) is 4.33. The molecule has 2 amide bonds. The van der Waals surface area contributed by atoms with Gasteiger partial charge in [0.15, 0.2) is 5.76 Å². The number of benzene rings is 2. The monoisotopic (exact) mass is 357 g/mol. The van der Waals surface area contributed by atoms with E-state index in [0.29, 0.717) is 22.5 Å². The molecule has 2 aromatic heterocycles. The molecule has 0 bridgehead atoms. The third kappa shape index (κ3) is 3.69. The van der Waals surface area contributed by atoms with Crippen molar-refractivity contribution in [1.29, 1.82) is 0 Å². The first-order chi connectivity index (χ1) is 13.2. The Morgan fingerprint density at radius 1 is 0.815 bits per heavy atom. The number of anilines is 2. The molecule has 0 saturated carbocycles. The summed E-state index contributed by atoms with van der Waals surface area (Å²) in [6.45, 7) is 0. The van der Waals surface area contributed by atoms with Gasteiger partial charge in [-0.15, -0.1) is 0 Å². The highest BCUT2D eigenvalue weighted by Gasteiger charge is 2.13. The summed E-state index contributed by atoms with van der Waals surface area (Å²) < 4.78 is 5.57. The number of nitrogens with zero attached hydrogens (tertiary/aromatic N) is 1. The number of rotatable bonds is 4. The van der Waals surface area contributed by atoms with Gasteiger partial charge in [-0.05, 0) is 42.5 Å². The molecule has 2 heterocycles. The molecule has 0 spiro atoms. The largest absolute Gasteiger partial charge is 0.451 e. The van der Waals surface area contributed by atoms with Crippen LogP contribution in [0.5, 0.6) is 0 Å². The van der Waals surface area contributed by atoms with Gasteiger partial charge in [0.2, 0.25) is 0 Å². The Hall–Kier alpha value is -3.93. The highest BCUT2D eigenvalue weighted by Crippen LogP contribution is 2.21. The van der Waals surface area contributed by atoms with Crippen LogP contribution in [-0.4, -0.2) is 16.8 Å². The summed E-state index contributed by atoms with van der Waals surface area (Å²) in [7, 11) is 0. The third-order valence-corrected chi connectivity index (χ3v) is 3.95. The first-order valence-corrected chi connectivity index (χ1v) is 8.30. The van der Waals surface area contributed by atoms with Gasteiger partial charge >= 0.3 is 0 Å². The van der Waals surface area contributed by atoms with Crippen LogP contribution in [0.2, 0.25) is 0 Å². The lowest BCUT2D eigenvalue weighted by molar-refractivity contribution is 0.0997. The van der Waals surface area contributed by atoms with Crippen molar-refractivity contribution in [3.05, 3.63) is 90.4 Å². The van der Waals surface area contributed by atoms with Gasteiger partial charge in [0.25, 0.3) is 11.8 Å². The maximum Gasteiger partial charge on any atom is 0.291 e. The number of fused-ring (bicyclic) bond motifs is 1. The van der Waals surface area contributed by atoms with E-state index in [1.807, 2.05) is 18.2 Å². The topological polar surface area (TPSA) is 84.2 Å². The van der Waals surface area contributed by atoms with E-state index in [9.17, 15) is 9.59 Å². The maximum atomic E-state index is 12.4. The summed E-state index contributed by atoms with van der Waals surface area (Å²) in [5.74, 6) is -0.410. The molecule has 0 aliphatic carbocycles. The van der Waals surface area contributed by atoms with Crippen LogP contribution < -0.4 is 10.6 Å². The molecule has 0 unspecified atom stereocenters. The van der Waals surface area contributed by atoms with Crippen molar-refractivity contribution >= 4 is 34.2 Å². The molecule has 2 aromatic carbocycles. The zero-order chi connectivity index (χ0) is 18.6. The van der Waals surface area contributed by atoms with Crippen molar-refractivity contribution in [3.63, 3.8) is 0 Å². The molecule has 0 aliphatic rings. The van der Waals surface area contributed by atoms with E-state index in [-0.39, 0.29) is 17.6 Å². The number of carbonyl (C=O) groups is 2. The summed E-state index contributed by atoms with van der Waals surface area (Å²) in [6, 6.07) is 19.4. The molecule has 4 rings (SSSR count). The Kier molecular flexibility index (Phi) is 4.37. The van der Waals surface area contributed by atoms with Gasteiger partial charge in [0.1, 0.15) is 5.58 Å². The second kappa shape index (κ2) is 7.13. The number of nitrogens with one attached hydrogen (secondary N) is 2. The van der Waals surface area contributed by atoms with Gasteiger partial charge in [-0.1, -0.05) is 24.3 Å². The fraction of sp³-hybridized carbons (Fsp3) is 0. The highest BCUT2D eigenvalue weighted by atomic mass is 16.3. The number of carbonyl (C=O) groups excluding carboxylic acids is 2. The van der Waals surface area contributed by atoms with Crippen LogP contribution in [0.25, 0.3) is 11.0 Å². The van der Waals surface area contributed by atoms with E-state index < -0.39 is 0 Å². The Labute approximate surface area is 154 Å². The van der Waals surface area contributed by atoms with Crippen LogP contribution in [0, 0.1) is 0 Å². The lowest BCUT2D eigenvalue weighted by Gasteiger charge is -2.08. The van der Waals surface area contributed by atoms with Crippen LogP contribution in [0.3, 0.4) is 0 Å². The summed E-state index contributed by atoms with van der Waals surface area (Å²) in [6.07, 6.45) is 3.09. The summed E-state index contributed by atoms with van der Waals surface area (Å²) in [5.41, 5.74) is 2.21. The lowest BCUT2D eigenvalue weighted by atomic mass is 10.2. The van der Waals surface area contributed by atoms with E-state index in [0.717, 1.165) is 5.39 Å². The van der Waals surface area contributed by atoms with E-state index >= 15 is 0 Å². The van der Waals surface area contributed by atoms with Crippen molar-refractivity contribution in [2.24, 2.45) is 0 Å². The third-order valence-electron chi connectivity index (χ3n) is 3.95. The number of para-hydroxylation sites is 1. The van der Waals surface area contributed by atoms with Gasteiger partial charge in [0, 0.05) is 29.2 Å². The van der Waals surface area contributed by atoms with Crippen LogP contribution in [0.15, 0.2) is 83.5 Å². The van der Waals surface area contributed by atoms with E-state index in [1.54, 1.807) is 54.7 Å². The quantitative estimate of drug-likeness (QED) is 0.569. The van der Waals surface area contributed by atoms with Gasteiger partial charge in [-0.25, -0.2) is 0 Å². The van der Waals surface area contributed by atoms with Crippen molar-refractivity contribution in [2.45, 2.75) is 0 Å². The minimum Gasteiger partial charge on any atom is -0.451 e. The van der Waals surface area contributed by atoms with Crippen LogP contribution in [-0.2, 0) is 0 Å². The molecule has 2 N–H and O–H groups in total. The molecule has 0 aliphatic heterocycles. The van der Waals surface area contributed by atoms with Crippen molar-refractivity contribution in [3.8, 4) is 0 Å². The molecular formula is C21H15N3O3. The molecule has 0 fully saturated rings. The Balaban J connectivity index is 1.49. The average molecular weight is 357 g/mol. The first kappa shape index (κ1) is 16.5. The van der Waals surface area contributed by atoms with E-state index in [4.69, 9.17) is 4.42 Å². The number of furan rings is 1. The zero-order valence-electron chi connectivity index (χ0n) is 14.2. The standard InChI is InChI=1S/C21H15N3O3/c25-20(15-6-4-10-22-13-15)23-16-7-3-8-17(12-16)24-21(26)19-11-14-5-1-2-9-18(14)27-19/h1-13H,(H,23,25)(H,24,26). The molecule has 0 atom stereocenters. The molecule has 132 valence electrons. The summed E-state index contributed by atoms with van der Waals surface area (Å²) >= 11 is 0. The van der Waals surface area contributed by atoms with E-state index in [2.05, 4.69) is 15.6 Å². The minimum absolute atomic E-state index is 0.223. The van der Waals surface area contributed by atoms with Gasteiger partial charge in [0.05, 0.1) is 5.56 Å². The molecule has 27 heavy (non-hydrogen) atoms.